The van der Waals surface area contributed by atoms with Crippen molar-refractivity contribution in [1.82, 2.24) is 0 Å². The second kappa shape index (κ2) is 8.83. The Balaban J connectivity index is 1.91. The summed E-state index contributed by atoms with van der Waals surface area (Å²) in [4.78, 5) is 12.4. The minimum absolute atomic E-state index is 0.173. The van der Waals surface area contributed by atoms with Crippen LogP contribution in [0, 0.1) is 5.92 Å². The van der Waals surface area contributed by atoms with Crippen LogP contribution in [0.4, 0.5) is 5.69 Å². The van der Waals surface area contributed by atoms with Crippen molar-refractivity contribution >= 4 is 11.6 Å². The third-order valence-corrected chi connectivity index (χ3v) is 4.29. The largest absolute Gasteiger partial charge is 0.396 e. The van der Waals surface area contributed by atoms with E-state index in [0.717, 1.165) is 31.4 Å². The highest BCUT2D eigenvalue weighted by atomic mass is 16.2. The van der Waals surface area contributed by atoms with Crippen molar-refractivity contribution in [2.24, 2.45) is 5.92 Å². The van der Waals surface area contributed by atoms with Gasteiger partial charge in [0.1, 0.15) is 0 Å². The number of rotatable bonds is 5. The molecule has 1 saturated carbocycles. The first-order chi connectivity index (χ1) is 10.3. The monoisotopic (exact) mass is 289 g/mol. The zero-order chi connectivity index (χ0) is 14.9. The summed E-state index contributed by atoms with van der Waals surface area (Å²) in [5.41, 5.74) is 2.05. The molecule has 0 aliphatic heterocycles. The first-order valence-electron chi connectivity index (χ1n) is 8.30. The fraction of sp³-hybridized carbons (Fsp3) is 0.611. The maximum absolute atomic E-state index is 12.4. The van der Waals surface area contributed by atoms with Crippen LogP contribution in [-0.4, -0.2) is 17.6 Å². The summed E-state index contributed by atoms with van der Waals surface area (Å²) in [6, 6.07) is 7.99. The van der Waals surface area contributed by atoms with Gasteiger partial charge in [-0.1, -0.05) is 44.2 Å². The number of aliphatic hydroxyl groups is 1. The molecule has 0 bridgehead atoms. The SMILES string of the molecule is O=C(Nc1cccc(CCCO)c1)C1CCCCCCC1. The number of hydrogen-bond donors (Lipinski definition) is 2. The lowest BCUT2D eigenvalue weighted by Crippen LogP contribution is -2.23. The second-order valence-corrected chi connectivity index (χ2v) is 6.06. The molecule has 2 N–H and O–H groups in total. The molecule has 1 aromatic rings. The van der Waals surface area contributed by atoms with Crippen LogP contribution in [0.5, 0.6) is 0 Å². The van der Waals surface area contributed by atoms with Gasteiger partial charge in [0.15, 0.2) is 0 Å². The molecule has 1 aliphatic rings. The van der Waals surface area contributed by atoms with Gasteiger partial charge in [-0.3, -0.25) is 4.79 Å². The summed E-state index contributed by atoms with van der Waals surface area (Å²) >= 11 is 0. The number of aliphatic hydroxyl groups excluding tert-OH is 1. The molecule has 2 rings (SSSR count). The molecule has 0 saturated heterocycles. The van der Waals surface area contributed by atoms with Crippen LogP contribution in [0.2, 0.25) is 0 Å². The van der Waals surface area contributed by atoms with Gasteiger partial charge in [0, 0.05) is 18.2 Å². The van der Waals surface area contributed by atoms with Gasteiger partial charge in [-0.05, 0) is 43.4 Å². The smallest absolute Gasteiger partial charge is 0.227 e. The van der Waals surface area contributed by atoms with E-state index >= 15 is 0 Å². The van der Waals surface area contributed by atoms with Crippen LogP contribution in [-0.2, 0) is 11.2 Å². The Bertz CT molecular complexity index is 437. The molecule has 1 aliphatic carbocycles. The Morgan fingerprint density at radius 3 is 2.57 bits per heavy atom. The van der Waals surface area contributed by atoms with Crippen LogP contribution in [0.25, 0.3) is 0 Å². The summed E-state index contributed by atoms with van der Waals surface area (Å²) in [6.07, 6.45) is 9.86. The summed E-state index contributed by atoms with van der Waals surface area (Å²) in [5.74, 6) is 0.350. The van der Waals surface area contributed by atoms with E-state index in [9.17, 15) is 4.79 Å². The standard InChI is InChI=1S/C18H27NO2/c20-13-7-9-15-8-6-12-17(14-15)19-18(21)16-10-4-2-1-3-5-11-16/h6,8,12,14,16,20H,1-5,7,9-11,13H2,(H,19,21). The molecular formula is C18H27NO2. The lowest BCUT2D eigenvalue weighted by molar-refractivity contribution is -0.120. The van der Waals surface area contributed by atoms with E-state index < -0.39 is 0 Å². The molecule has 0 aromatic heterocycles. The fourth-order valence-corrected chi connectivity index (χ4v) is 3.05. The maximum Gasteiger partial charge on any atom is 0.227 e. The Hall–Kier alpha value is -1.35. The van der Waals surface area contributed by atoms with Crippen LogP contribution in [0.3, 0.4) is 0 Å². The van der Waals surface area contributed by atoms with Gasteiger partial charge in [-0.25, -0.2) is 0 Å². The number of hydrogen-bond acceptors (Lipinski definition) is 2. The Morgan fingerprint density at radius 1 is 1.14 bits per heavy atom. The Morgan fingerprint density at radius 2 is 1.86 bits per heavy atom. The molecule has 0 atom stereocenters. The number of aryl methyl sites for hydroxylation is 1. The van der Waals surface area contributed by atoms with Crippen LogP contribution in [0.1, 0.15) is 56.9 Å². The van der Waals surface area contributed by atoms with Gasteiger partial charge >= 0.3 is 0 Å². The Labute approximate surface area is 127 Å². The van der Waals surface area contributed by atoms with Gasteiger partial charge < -0.3 is 10.4 Å². The number of carbonyl (C=O) groups is 1. The highest BCUT2D eigenvalue weighted by Gasteiger charge is 2.19. The fourth-order valence-electron chi connectivity index (χ4n) is 3.05. The summed E-state index contributed by atoms with van der Waals surface area (Å²) in [6.45, 7) is 0.207. The highest BCUT2D eigenvalue weighted by molar-refractivity contribution is 5.92. The molecule has 1 amide bonds. The highest BCUT2D eigenvalue weighted by Crippen LogP contribution is 2.24. The molecule has 0 heterocycles. The van der Waals surface area contributed by atoms with Crippen molar-refractivity contribution in [1.29, 1.82) is 0 Å². The third-order valence-electron chi connectivity index (χ3n) is 4.29. The van der Waals surface area contributed by atoms with Crippen molar-refractivity contribution in [3.63, 3.8) is 0 Å². The molecule has 3 nitrogen and oxygen atoms in total. The minimum atomic E-state index is 0.173. The van der Waals surface area contributed by atoms with Crippen molar-refractivity contribution < 1.29 is 9.90 Å². The molecule has 1 fully saturated rings. The quantitative estimate of drug-likeness (QED) is 0.863. The lowest BCUT2D eigenvalue weighted by atomic mass is 9.90. The van der Waals surface area contributed by atoms with Crippen molar-refractivity contribution in [3.05, 3.63) is 29.8 Å². The van der Waals surface area contributed by atoms with Crippen LogP contribution < -0.4 is 5.32 Å². The number of nitrogens with one attached hydrogen (secondary N) is 1. The van der Waals surface area contributed by atoms with E-state index in [-0.39, 0.29) is 18.4 Å². The lowest BCUT2D eigenvalue weighted by Gasteiger charge is -2.19. The summed E-state index contributed by atoms with van der Waals surface area (Å²) in [7, 11) is 0. The van der Waals surface area contributed by atoms with Gasteiger partial charge in [0.2, 0.25) is 5.91 Å². The maximum atomic E-state index is 12.4. The zero-order valence-electron chi connectivity index (χ0n) is 12.8. The first kappa shape index (κ1) is 16.0. The molecule has 21 heavy (non-hydrogen) atoms. The molecule has 0 spiro atoms. The topological polar surface area (TPSA) is 49.3 Å². The molecule has 0 radical (unpaired) electrons. The third kappa shape index (κ3) is 5.50. The molecular weight excluding hydrogens is 262 g/mol. The second-order valence-electron chi connectivity index (χ2n) is 6.06. The van der Waals surface area contributed by atoms with Gasteiger partial charge in [-0.15, -0.1) is 0 Å². The van der Waals surface area contributed by atoms with Crippen molar-refractivity contribution in [3.8, 4) is 0 Å². The average molecular weight is 289 g/mol. The van der Waals surface area contributed by atoms with E-state index in [1.807, 2.05) is 24.3 Å². The summed E-state index contributed by atoms with van der Waals surface area (Å²) < 4.78 is 0. The number of benzene rings is 1. The molecule has 116 valence electrons. The Kier molecular flexibility index (Phi) is 6.74. The van der Waals surface area contributed by atoms with Crippen LogP contribution >= 0.6 is 0 Å². The van der Waals surface area contributed by atoms with E-state index in [2.05, 4.69) is 5.32 Å². The molecule has 1 aromatic carbocycles. The van der Waals surface area contributed by atoms with E-state index in [0.29, 0.717) is 0 Å². The van der Waals surface area contributed by atoms with Gasteiger partial charge in [0.25, 0.3) is 0 Å². The predicted molar refractivity (Wildman–Crippen MR) is 86.3 cm³/mol. The number of anilines is 1. The number of carbonyl (C=O) groups excluding carboxylic acids is 1. The minimum Gasteiger partial charge on any atom is -0.396 e. The van der Waals surface area contributed by atoms with E-state index in [1.54, 1.807) is 0 Å². The van der Waals surface area contributed by atoms with Gasteiger partial charge in [-0.2, -0.15) is 0 Å². The molecule has 0 unspecified atom stereocenters. The zero-order valence-corrected chi connectivity index (χ0v) is 12.8. The average Bonchev–Trinajstić information content (AvgIpc) is 2.45. The van der Waals surface area contributed by atoms with Crippen molar-refractivity contribution in [2.75, 3.05) is 11.9 Å². The summed E-state index contributed by atoms with van der Waals surface area (Å²) in [5, 5.41) is 12.0. The van der Waals surface area contributed by atoms with E-state index in [4.69, 9.17) is 5.11 Å². The van der Waals surface area contributed by atoms with E-state index in [1.165, 1.54) is 37.7 Å². The predicted octanol–water partition coefficient (Wildman–Crippen LogP) is 3.91. The van der Waals surface area contributed by atoms with Crippen molar-refractivity contribution in [2.45, 2.75) is 57.8 Å². The first-order valence-corrected chi connectivity index (χ1v) is 8.30. The normalized spacial score (nSPS) is 17.0. The van der Waals surface area contributed by atoms with Crippen LogP contribution in [0.15, 0.2) is 24.3 Å². The number of amides is 1. The van der Waals surface area contributed by atoms with Gasteiger partial charge in [0.05, 0.1) is 0 Å². The molecule has 3 heteroatoms.